The van der Waals surface area contributed by atoms with Crippen LogP contribution in [0, 0.1) is 6.92 Å². The molecule has 2 heterocycles. The molecule has 1 saturated heterocycles. The maximum absolute atomic E-state index is 13.0. The van der Waals surface area contributed by atoms with Gasteiger partial charge in [0.2, 0.25) is 5.89 Å². The number of nitrogens with one attached hydrogen (secondary N) is 1. The van der Waals surface area contributed by atoms with Crippen LogP contribution >= 0.6 is 0 Å². The quantitative estimate of drug-likeness (QED) is 0.602. The molecule has 0 radical (unpaired) electrons. The number of ether oxygens (including phenoxy) is 1. The number of guanidine groups is 1. The van der Waals surface area contributed by atoms with Crippen molar-refractivity contribution in [2.24, 2.45) is 4.99 Å². The van der Waals surface area contributed by atoms with E-state index in [4.69, 9.17) is 9.26 Å². The van der Waals surface area contributed by atoms with E-state index in [1.54, 1.807) is 13.0 Å². The minimum atomic E-state index is -4.38. The van der Waals surface area contributed by atoms with Gasteiger partial charge in [0.1, 0.15) is 6.10 Å². The fraction of sp³-hybridized carbons (Fsp3) is 0.526. The first-order valence-corrected chi connectivity index (χ1v) is 9.48. The van der Waals surface area contributed by atoms with E-state index in [0.717, 1.165) is 12.1 Å². The summed E-state index contributed by atoms with van der Waals surface area (Å²) >= 11 is 0. The van der Waals surface area contributed by atoms with Gasteiger partial charge in [0.05, 0.1) is 25.3 Å². The van der Waals surface area contributed by atoms with E-state index in [-0.39, 0.29) is 0 Å². The molecule has 1 unspecified atom stereocenters. The summed E-state index contributed by atoms with van der Waals surface area (Å²) in [6.07, 6.45) is -4.33. The average Bonchev–Trinajstić information content (AvgIpc) is 3.12. The summed E-state index contributed by atoms with van der Waals surface area (Å²) in [5.74, 6) is 1.78. The maximum Gasteiger partial charge on any atom is 0.416 e. The van der Waals surface area contributed by atoms with E-state index in [1.165, 1.54) is 6.07 Å². The van der Waals surface area contributed by atoms with Crippen LogP contribution in [0.15, 0.2) is 33.8 Å². The molecule has 1 N–H and O–H groups in total. The topological polar surface area (TPSA) is 75.8 Å². The second-order valence-electron chi connectivity index (χ2n) is 6.65. The Hall–Kier alpha value is -2.62. The minimum Gasteiger partial charge on any atom is -0.370 e. The summed E-state index contributed by atoms with van der Waals surface area (Å²) in [6.45, 7) is 6.24. The molecule has 7 nitrogen and oxygen atoms in total. The Balaban J connectivity index is 1.69. The Morgan fingerprint density at radius 1 is 1.38 bits per heavy atom. The van der Waals surface area contributed by atoms with Crippen LogP contribution in [0.25, 0.3) is 0 Å². The van der Waals surface area contributed by atoms with Gasteiger partial charge < -0.3 is 19.5 Å². The van der Waals surface area contributed by atoms with Crippen LogP contribution in [0.1, 0.15) is 35.9 Å². The van der Waals surface area contributed by atoms with Crippen LogP contribution in [0.3, 0.4) is 0 Å². The number of aryl methyl sites for hydroxylation is 1. The highest BCUT2D eigenvalue weighted by atomic mass is 19.4. The molecule has 1 atom stereocenters. The molecule has 1 fully saturated rings. The lowest BCUT2D eigenvalue weighted by atomic mass is 10.0. The SMILES string of the molecule is CCNC(=NCCc1nc(C)no1)N1CCOC(c2cccc(C(F)(F)F)c2)C1. The van der Waals surface area contributed by atoms with E-state index < -0.39 is 17.8 Å². The number of morpholine rings is 1. The smallest absolute Gasteiger partial charge is 0.370 e. The number of rotatable bonds is 5. The van der Waals surface area contributed by atoms with Gasteiger partial charge in [-0.15, -0.1) is 0 Å². The molecule has 29 heavy (non-hydrogen) atoms. The summed E-state index contributed by atoms with van der Waals surface area (Å²) < 4.78 is 49.9. The van der Waals surface area contributed by atoms with Gasteiger partial charge in [0, 0.05) is 19.5 Å². The maximum atomic E-state index is 13.0. The van der Waals surface area contributed by atoms with Crippen molar-refractivity contribution in [3.8, 4) is 0 Å². The van der Waals surface area contributed by atoms with Crippen molar-refractivity contribution in [3.63, 3.8) is 0 Å². The van der Waals surface area contributed by atoms with Gasteiger partial charge in [0.25, 0.3) is 0 Å². The molecule has 0 saturated carbocycles. The molecule has 158 valence electrons. The summed E-state index contributed by atoms with van der Waals surface area (Å²) in [7, 11) is 0. The van der Waals surface area contributed by atoms with Gasteiger partial charge in [0.15, 0.2) is 11.8 Å². The van der Waals surface area contributed by atoms with Gasteiger partial charge in [-0.25, -0.2) is 0 Å². The number of halogens is 3. The van der Waals surface area contributed by atoms with E-state index in [2.05, 4.69) is 20.4 Å². The molecule has 0 bridgehead atoms. The second-order valence-corrected chi connectivity index (χ2v) is 6.65. The highest BCUT2D eigenvalue weighted by Crippen LogP contribution is 2.32. The van der Waals surface area contributed by atoms with Crippen molar-refractivity contribution in [1.29, 1.82) is 0 Å². The van der Waals surface area contributed by atoms with Gasteiger partial charge in [-0.05, 0) is 31.5 Å². The van der Waals surface area contributed by atoms with Crippen molar-refractivity contribution in [3.05, 3.63) is 47.1 Å². The van der Waals surface area contributed by atoms with E-state index >= 15 is 0 Å². The fourth-order valence-corrected chi connectivity index (χ4v) is 3.08. The zero-order valence-electron chi connectivity index (χ0n) is 16.4. The molecule has 1 aromatic carbocycles. The van der Waals surface area contributed by atoms with Crippen LogP contribution in [0.5, 0.6) is 0 Å². The van der Waals surface area contributed by atoms with E-state index in [1.807, 2.05) is 11.8 Å². The lowest BCUT2D eigenvalue weighted by molar-refractivity contribution is -0.137. The van der Waals surface area contributed by atoms with E-state index in [9.17, 15) is 13.2 Å². The molecule has 1 aromatic heterocycles. The highest BCUT2D eigenvalue weighted by molar-refractivity contribution is 5.80. The molecule has 10 heteroatoms. The number of aliphatic imine (C=N–C) groups is 1. The van der Waals surface area contributed by atoms with E-state index in [0.29, 0.717) is 62.4 Å². The predicted octanol–water partition coefficient (Wildman–Crippen LogP) is 2.98. The molecule has 0 amide bonds. The van der Waals surface area contributed by atoms with Crippen LogP contribution in [-0.2, 0) is 17.3 Å². The van der Waals surface area contributed by atoms with Crippen molar-refractivity contribution in [2.45, 2.75) is 32.5 Å². The van der Waals surface area contributed by atoms with Gasteiger partial charge >= 0.3 is 6.18 Å². The largest absolute Gasteiger partial charge is 0.416 e. The first kappa shape index (κ1) is 21.1. The normalized spacial score (nSPS) is 18.2. The average molecular weight is 411 g/mol. The third-order valence-corrected chi connectivity index (χ3v) is 4.44. The third-order valence-electron chi connectivity index (χ3n) is 4.44. The Morgan fingerprint density at radius 3 is 2.90 bits per heavy atom. The molecule has 0 aliphatic carbocycles. The lowest BCUT2D eigenvalue weighted by Gasteiger charge is -2.35. The number of nitrogens with zero attached hydrogens (tertiary/aromatic N) is 4. The van der Waals surface area contributed by atoms with Crippen LogP contribution in [-0.4, -0.2) is 53.8 Å². The van der Waals surface area contributed by atoms with Gasteiger partial charge in [-0.3, -0.25) is 4.99 Å². The highest BCUT2D eigenvalue weighted by Gasteiger charge is 2.32. The third kappa shape index (κ3) is 5.69. The summed E-state index contributed by atoms with van der Waals surface area (Å²) in [6, 6.07) is 5.28. The zero-order valence-corrected chi connectivity index (χ0v) is 16.4. The number of aromatic nitrogens is 2. The standard InChI is InChI=1S/C19H24F3N5O2/c1-3-23-18(24-8-7-17-25-13(2)26-29-17)27-9-10-28-16(12-27)14-5-4-6-15(11-14)19(20,21)22/h4-6,11,16H,3,7-10,12H2,1-2H3,(H,23,24). The molecule has 3 rings (SSSR count). The van der Waals surface area contributed by atoms with Crippen LogP contribution < -0.4 is 5.32 Å². The Kier molecular flexibility index (Phi) is 6.73. The molecular formula is C19H24F3N5O2. The number of benzene rings is 1. The molecule has 1 aliphatic heterocycles. The number of alkyl halides is 3. The Morgan fingerprint density at radius 2 is 2.21 bits per heavy atom. The first-order chi connectivity index (χ1) is 13.9. The fourth-order valence-electron chi connectivity index (χ4n) is 3.08. The summed E-state index contributed by atoms with van der Waals surface area (Å²) in [4.78, 5) is 10.7. The molecule has 2 aromatic rings. The monoisotopic (exact) mass is 411 g/mol. The predicted molar refractivity (Wildman–Crippen MR) is 100 cm³/mol. The number of hydrogen-bond acceptors (Lipinski definition) is 5. The zero-order chi connectivity index (χ0) is 20.9. The van der Waals surface area contributed by atoms with Crippen molar-refractivity contribution >= 4 is 5.96 Å². The molecule has 0 spiro atoms. The van der Waals surface area contributed by atoms with Gasteiger partial charge in [-0.2, -0.15) is 18.2 Å². The first-order valence-electron chi connectivity index (χ1n) is 9.48. The van der Waals surface area contributed by atoms with Gasteiger partial charge in [-0.1, -0.05) is 17.3 Å². The number of hydrogen-bond donors (Lipinski definition) is 1. The van der Waals surface area contributed by atoms with Crippen LogP contribution in [0.4, 0.5) is 13.2 Å². The van der Waals surface area contributed by atoms with Crippen molar-refractivity contribution < 1.29 is 22.4 Å². The van der Waals surface area contributed by atoms with Crippen molar-refractivity contribution in [2.75, 3.05) is 32.8 Å². The van der Waals surface area contributed by atoms with Crippen LogP contribution in [0.2, 0.25) is 0 Å². The second kappa shape index (κ2) is 9.25. The van der Waals surface area contributed by atoms with Crippen molar-refractivity contribution in [1.82, 2.24) is 20.4 Å². The molecular weight excluding hydrogens is 387 g/mol. The summed E-state index contributed by atoms with van der Waals surface area (Å²) in [5, 5.41) is 6.98. The molecule has 1 aliphatic rings. The Labute approximate surface area is 166 Å². The Bertz CT molecular complexity index is 837. The minimum absolute atomic E-state index is 0.397. The lowest BCUT2D eigenvalue weighted by Crippen LogP contribution is -2.48. The summed E-state index contributed by atoms with van der Waals surface area (Å²) in [5.41, 5.74) is -0.173.